The molecule has 1 saturated carbocycles. The van der Waals surface area contributed by atoms with Gasteiger partial charge < -0.3 is 10.4 Å². The van der Waals surface area contributed by atoms with Crippen molar-refractivity contribution in [1.29, 1.82) is 0 Å². The van der Waals surface area contributed by atoms with Crippen LogP contribution >= 0.6 is 0 Å². The van der Waals surface area contributed by atoms with Gasteiger partial charge in [-0.15, -0.1) is 0 Å². The normalized spacial score (nSPS) is 14.5. The van der Waals surface area contributed by atoms with Gasteiger partial charge in [0.1, 0.15) is 0 Å². The summed E-state index contributed by atoms with van der Waals surface area (Å²) in [7, 11) is 0. The number of hydrogen-bond donors (Lipinski definition) is 2. The topological polar surface area (TPSA) is 66.4 Å². The Bertz CT molecular complexity index is 487. The molecule has 19 heavy (non-hydrogen) atoms. The molecule has 0 heterocycles. The maximum Gasteiger partial charge on any atom is 0.328 e. The summed E-state index contributed by atoms with van der Waals surface area (Å²) >= 11 is 0. The van der Waals surface area contributed by atoms with Gasteiger partial charge in [-0.2, -0.15) is 0 Å². The third-order valence-corrected chi connectivity index (χ3v) is 3.06. The summed E-state index contributed by atoms with van der Waals surface area (Å²) in [5.41, 5.74) is 1.84. The van der Waals surface area contributed by atoms with Crippen LogP contribution in [-0.4, -0.2) is 17.0 Å². The minimum Gasteiger partial charge on any atom is -0.478 e. The van der Waals surface area contributed by atoms with Crippen molar-refractivity contribution in [3.8, 4) is 0 Å². The van der Waals surface area contributed by atoms with E-state index < -0.39 is 5.97 Å². The van der Waals surface area contributed by atoms with Gasteiger partial charge in [-0.1, -0.05) is 24.3 Å². The Morgan fingerprint density at radius 3 is 2.53 bits per heavy atom. The highest BCUT2D eigenvalue weighted by molar-refractivity contribution is 5.85. The Labute approximate surface area is 112 Å². The maximum absolute atomic E-state index is 11.5. The van der Waals surface area contributed by atoms with Crippen molar-refractivity contribution in [3.05, 3.63) is 41.5 Å². The number of nitrogens with one attached hydrogen (secondary N) is 1. The van der Waals surface area contributed by atoms with Crippen molar-refractivity contribution < 1.29 is 14.7 Å². The van der Waals surface area contributed by atoms with Crippen molar-refractivity contribution in [2.45, 2.75) is 25.8 Å². The lowest BCUT2D eigenvalue weighted by atomic mass is 10.1. The van der Waals surface area contributed by atoms with Crippen LogP contribution in [0.25, 0.3) is 6.08 Å². The summed E-state index contributed by atoms with van der Waals surface area (Å²) in [6.07, 6.45) is 5.64. The van der Waals surface area contributed by atoms with E-state index in [0.717, 1.165) is 17.2 Å². The summed E-state index contributed by atoms with van der Waals surface area (Å²) in [5.74, 6) is -0.253. The molecule has 0 unspecified atom stereocenters. The molecule has 1 fully saturated rings. The number of rotatable bonds is 6. The lowest BCUT2D eigenvalue weighted by Gasteiger charge is -2.05. The van der Waals surface area contributed by atoms with Crippen molar-refractivity contribution in [2.24, 2.45) is 5.92 Å². The molecule has 4 heteroatoms. The zero-order valence-corrected chi connectivity index (χ0v) is 10.6. The van der Waals surface area contributed by atoms with Crippen LogP contribution < -0.4 is 5.32 Å². The van der Waals surface area contributed by atoms with Gasteiger partial charge in [0.05, 0.1) is 0 Å². The summed E-state index contributed by atoms with van der Waals surface area (Å²) in [6.45, 7) is 0.522. The van der Waals surface area contributed by atoms with E-state index in [-0.39, 0.29) is 5.91 Å². The van der Waals surface area contributed by atoms with E-state index in [9.17, 15) is 9.59 Å². The van der Waals surface area contributed by atoms with Gasteiger partial charge in [0.2, 0.25) is 5.91 Å². The monoisotopic (exact) mass is 259 g/mol. The average molecular weight is 259 g/mol. The summed E-state index contributed by atoms with van der Waals surface area (Å²) in [5, 5.41) is 11.4. The predicted octanol–water partition coefficient (Wildman–Crippen LogP) is 2.20. The van der Waals surface area contributed by atoms with Crippen LogP contribution in [0.4, 0.5) is 0 Å². The van der Waals surface area contributed by atoms with E-state index in [2.05, 4.69) is 5.32 Å². The second kappa shape index (κ2) is 6.18. The van der Waals surface area contributed by atoms with Gasteiger partial charge in [-0.3, -0.25) is 4.79 Å². The zero-order valence-electron chi connectivity index (χ0n) is 10.6. The Hall–Kier alpha value is -2.10. The third-order valence-electron chi connectivity index (χ3n) is 3.06. The Balaban J connectivity index is 1.80. The molecule has 0 aliphatic heterocycles. The second-order valence-corrected chi connectivity index (χ2v) is 4.84. The fourth-order valence-electron chi connectivity index (χ4n) is 1.77. The Kier molecular flexibility index (Phi) is 4.34. The number of carboxylic acids is 1. The van der Waals surface area contributed by atoms with Crippen LogP contribution in [0.3, 0.4) is 0 Å². The molecule has 1 aliphatic carbocycles. The maximum atomic E-state index is 11.5. The highest BCUT2D eigenvalue weighted by Gasteiger charge is 2.23. The third kappa shape index (κ3) is 4.95. The fourth-order valence-corrected chi connectivity index (χ4v) is 1.77. The van der Waals surface area contributed by atoms with Crippen LogP contribution in [0.5, 0.6) is 0 Å². The van der Waals surface area contributed by atoms with E-state index in [1.165, 1.54) is 18.9 Å². The van der Waals surface area contributed by atoms with Gasteiger partial charge in [0.25, 0.3) is 0 Å². The van der Waals surface area contributed by atoms with Crippen LogP contribution in [-0.2, 0) is 16.1 Å². The van der Waals surface area contributed by atoms with Crippen molar-refractivity contribution >= 4 is 18.0 Å². The first-order chi connectivity index (χ1) is 9.13. The smallest absolute Gasteiger partial charge is 0.328 e. The largest absolute Gasteiger partial charge is 0.478 e. The lowest BCUT2D eigenvalue weighted by Crippen LogP contribution is -2.22. The molecule has 2 N–H and O–H groups in total. The molecule has 1 aromatic carbocycles. The quantitative estimate of drug-likeness (QED) is 0.770. The highest BCUT2D eigenvalue weighted by Crippen LogP contribution is 2.32. The first-order valence-electron chi connectivity index (χ1n) is 6.40. The zero-order chi connectivity index (χ0) is 13.7. The molecule has 0 radical (unpaired) electrons. The molecule has 2 rings (SSSR count). The van der Waals surface area contributed by atoms with E-state index in [0.29, 0.717) is 18.9 Å². The second-order valence-electron chi connectivity index (χ2n) is 4.84. The van der Waals surface area contributed by atoms with Crippen LogP contribution in [0.1, 0.15) is 30.4 Å². The molecule has 100 valence electrons. The number of hydrogen-bond acceptors (Lipinski definition) is 2. The molecule has 1 amide bonds. The molecule has 4 nitrogen and oxygen atoms in total. The molecule has 1 aromatic rings. The molecule has 1 aliphatic rings. The number of carboxylic acid groups (broad SMARTS) is 1. The van der Waals surface area contributed by atoms with Gasteiger partial charge in [0, 0.05) is 19.0 Å². The van der Waals surface area contributed by atoms with Crippen molar-refractivity contribution in [1.82, 2.24) is 5.32 Å². The molecule has 0 bridgehead atoms. The summed E-state index contributed by atoms with van der Waals surface area (Å²) in [6, 6.07) is 7.45. The minimum atomic E-state index is -0.962. The number of carbonyl (C=O) groups is 2. The molecule has 0 aromatic heterocycles. The standard InChI is InChI=1S/C15H17NO3/c17-14(9-12-3-4-12)16-10-13-5-1-11(2-6-13)7-8-15(18)19/h1-2,5-8,12H,3-4,9-10H2,(H,16,17)(H,18,19). The fraction of sp³-hybridized carbons (Fsp3) is 0.333. The number of benzene rings is 1. The number of aliphatic carboxylic acids is 1. The van der Waals surface area contributed by atoms with Gasteiger partial charge in [0.15, 0.2) is 0 Å². The SMILES string of the molecule is O=C(O)C=Cc1ccc(CNC(=O)CC2CC2)cc1. The van der Waals surface area contributed by atoms with Gasteiger partial charge in [-0.25, -0.2) is 4.79 Å². The number of carbonyl (C=O) groups excluding carboxylic acids is 1. The molecule has 0 spiro atoms. The van der Waals surface area contributed by atoms with Crippen LogP contribution in [0, 0.1) is 5.92 Å². The average Bonchev–Trinajstić information content (AvgIpc) is 3.19. The van der Waals surface area contributed by atoms with Crippen molar-refractivity contribution in [3.63, 3.8) is 0 Å². The van der Waals surface area contributed by atoms with Crippen LogP contribution in [0.15, 0.2) is 30.3 Å². The van der Waals surface area contributed by atoms with E-state index >= 15 is 0 Å². The van der Waals surface area contributed by atoms with Gasteiger partial charge >= 0.3 is 5.97 Å². The summed E-state index contributed by atoms with van der Waals surface area (Å²) in [4.78, 5) is 21.9. The highest BCUT2D eigenvalue weighted by atomic mass is 16.4. The first kappa shape index (κ1) is 13.3. The van der Waals surface area contributed by atoms with Crippen molar-refractivity contribution in [2.75, 3.05) is 0 Å². The predicted molar refractivity (Wildman–Crippen MR) is 72.3 cm³/mol. The van der Waals surface area contributed by atoms with E-state index in [1.807, 2.05) is 24.3 Å². The minimum absolute atomic E-state index is 0.109. The molecular weight excluding hydrogens is 242 g/mol. The summed E-state index contributed by atoms with van der Waals surface area (Å²) < 4.78 is 0. The lowest BCUT2D eigenvalue weighted by molar-refractivity contribution is -0.131. The first-order valence-corrected chi connectivity index (χ1v) is 6.40. The Morgan fingerprint density at radius 1 is 1.26 bits per heavy atom. The Morgan fingerprint density at radius 2 is 1.95 bits per heavy atom. The van der Waals surface area contributed by atoms with E-state index in [1.54, 1.807) is 0 Å². The molecule has 0 atom stereocenters. The number of amides is 1. The molecule has 0 saturated heterocycles. The van der Waals surface area contributed by atoms with Gasteiger partial charge in [-0.05, 0) is 36.0 Å². The van der Waals surface area contributed by atoms with Crippen LogP contribution in [0.2, 0.25) is 0 Å². The molecular formula is C15H17NO3. The van der Waals surface area contributed by atoms with E-state index in [4.69, 9.17) is 5.11 Å².